The summed E-state index contributed by atoms with van der Waals surface area (Å²) in [4.78, 5) is 2.46. The first kappa shape index (κ1) is 31.2. The molecule has 0 saturated carbocycles. The minimum atomic E-state index is -0.420. The Bertz CT molecular complexity index is 3090. The molecule has 0 radical (unpaired) electrons. The first-order valence-electron chi connectivity index (χ1n) is 19.5. The lowest BCUT2D eigenvalue weighted by molar-refractivity contribution is 0.793. The summed E-state index contributed by atoms with van der Waals surface area (Å²) >= 11 is 0. The Kier molecular flexibility index (Phi) is 6.62. The molecule has 1 spiro atoms. The van der Waals surface area contributed by atoms with Gasteiger partial charge in [-0.15, -0.1) is 0 Å². The SMILES string of the molecule is c1ccc(-c2ccc(N(c3ccc4c(c3)C3(c5ccccc5-c5ccccc53)c3ccccc3-4)c3ccc4c5ccccc5c5ccccc5c4c3)cc2)cc1. The summed E-state index contributed by atoms with van der Waals surface area (Å²) in [7, 11) is 0. The second-order valence-corrected chi connectivity index (χ2v) is 15.2. The van der Waals surface area contributed by atoms with Crippen molar-refractivity contribution in [3.8, 4) is 33.4 Å². The molecule has 10 aromatic carbocycles. The molecule has 2 aliphatic carbocycles. The zero-order chi connectivity index (χ0) is 36.8. The number of anilines is 3. The highest BCUT2D eigenvalue weighted by Gasteiger charge is 2.51. The van der Waals surface area contributed by atoms with Gasteiger partial charge >= 0.3 is 0 Å². The van der Waals surface area contributed by atoms with Gasteiger partial charge in [-0.3, -0.25) is 0 Å². The molecule has 0 fully saturated rings. The summed E-state index contributed by atoms with van der Waals surface area (Å²) in [6.45, 7) is 0. The number of rotatable bonds is 4. The summed E-state index contributed by atoms with van der Waals surface area (Å²) < 4.78 is 0. The highest BCUT2D eigenvalue weighted by molar-refractivity contribution is 6.25. The van der Waals surface area contributed by atoms with Crippen molar-refractivity contribution in [2.24, 2.45) is 0 Å². The van der Waals surface area contributed by atoms with Gasteiger partial charge in [-0.05, 0) is 124 Å². The lowest BCUT2D eigenvalue weighted by Gasteiger charge is -2.32. The van der Waals surface area contributed by atoms with E-state index >= 15 is 0 Å². The molecular weight excluding hydrogens is 675 g/mol. The smallest absolute Gasteiger partial charge is 0.0726 e. The van der Waals surface area contributed by atoms with Crippen molar-refractivity contribution in [1.29, 1.82) is 0 Å². The Morgan fingerprint density at radius 1 is 0.250 bits per heavy atom. The average molecular weight is 710 g/mol. The van der Waals surface area contributed by atoms with E-state index < -0.39 is 5.41 Å². The van der Waals surface area contributed by atoms with Crippen molar-refractivity contribution < 1.29 is 0 Å². The van der Waals surface area contributed by atoms with Gasteiger partial charge in [0.15, 0.2) is 0 Å². The van der Waals surface area contributed by atoms with Crippen LogP contribution in [0.5, 0.6) is 0 Å². The van der Waals surface area contributed by atoms with Gasteiger partial charge in [0, 0.05) is 17.1 Å². The maximum absolute atomic E-state index is 2.49. The lowest BCUT2D eigenvalue weighted by atomic mass is 9.70. The van der Waals surface area contributed by atoms with Gasteiger partial charge in [0.2, 0.25) is 0 Å². The van der Waals surface area contributed by atoms with Gasteiger partial charge < -0.3 is 4.90 Å². The van der Waals surface area contributed by atoms with Crippen molar-refractivity contribution in [1.82, 2.24) is 0 Å². The monoisotopic (exact) mass is 709 g/mol. The molecule has 12 rings (SSSR count). The highest BCUT2D eigenvalue weighted by atomic mass is 15.1. The van der Waals surface area contributed by atoms with Crippen LogP contribution in [-0.4, -0.2) is 0 Å². The van der Waals surface area contributed by atoms with E-state index in [2.05, 4.69) is 217 Å². The van der Waals surface area contributed by atoms with Crippen molar-refractivity contribution >= 4 is 49.4 Å². The molecule has 1 heteroatoms. The fourth-order valence-electron chi connectivity index (χ4n) is 10.1. The average Bonchev–Trinajstić information content (AvgIpc) is 3.74. The molecule has 0 saturated heterocycles. The number of fused-ring (bicyclic) bond motifs is 16. The third kappa shape index (κ3) is 4.26. The zero-order valence-corrected chi connectivity index (χ0v) is 30.7. The van der Waals surface area contributed by atoms with Gasteiger partial charge in [-0.25, -0.2) is 0 Å². The molecule has 0 atom stereocenters. The Hall–Kier alpha value is -7.22. The third-order valence-electron chi connectivity index (χ3n) is 12.5. The van der Waals surface area contributed by atoms with Crippen LogP contribution in [0.25, 0.3) is 65.7 Å². The largest absolute Gasteiger partial charge is 0.310 e. The van der Waals surface area contributed by atoms with E-state index in [0.717, 1.165) is 17.1 Å². The normalized spacial score (nSPS) is 13.1. The molecule has 1 nitrogen and oxygen atoms in total. The van der Waals surface area contributed by atoms with Crippen molar-refractivity contribution in [3.63, 3.8) is 0 Å². The maximum Gasteiger partial charge on any atom is 0.0726 e. The standard InChI is InChI=1S/C55H35N/c1-2-14-36(15-3-1)37-26-28-38(29-27-37)56(39-30-32-45-43-18-5-4-16-41(43)42-17-6-7-19-44(42)50(45)34-39)40-31-33-49-48-22-10-13-25-53(48)55(54(49)35-40)51-23-11-8-20-46(51)47-21-9-12-24-52(47)55/h1-35H. The van der Waals surface area contributed by atoms with Crippen LogP contribution in [0.2, 0.25) is 0 Å². The molecule has 0 aliphatic heterocycles. The Labute approximate surface area is 326 Å². The number of nitrogens with zero attached hydrogens (tertiary/aromatic N) is 1. The summed E-state index contributed by atoms with van der Waals surface area (Å²) in [6.07, 6.45) is 0. The first-order chi connectivity index (χ1) is 27.8. The van der Waals surface area contributed by atoms with Crippen LogP contribution < -0.4 is 4.90 Å². The summed E-state index contributed by atoms with van der Waals surface area (Å²) in [5, 5.41) is 7.64. The van der Waals surface area contributed by atoms with Gasteiger partial charge in [0.25, 0.3) is 0 Å². The van der Waals surface area contributed by atoms with Crippen molar-refractivity contribution in [2.75, 3.05) is 4.90 Å². The molecule has 10 aromatic rings. The molecule has 0 amide bonds. The van der Waals surface area contributed by atoms with E-state index in [9.17, 15) is 0 Å². The van der Waals surface area contributed by atoms with Crippen molar-refractivity contribution in [3.05, 3.63) is 235 Å². The number of hydrogen-bond acceptors (Lipinski definition) is 1. The Balaban J connectivity index is 1.13. The fourth-order valence-corrected chi connectivity index (χ4v) is 10.1. The van der Waals surface area contributed by atoms with Crippen LogP contribution >= 0.6 is 0 Å². The summed E-state index contributed by atoms with van der Waals surface area (Å²) in [5.74, 6) is 0. The quantitative estimate of drug-likeness (QED) is 0.164. The van der Waals surface area contributed by atoms with E-state index in [1.807, 2.05) is 0 Å². The second-order valence-electron chi connectivity index (χ2n) is 15.2. The van der Waals surface area contributed by atoms with E-state index in [0.29, 0.717) is 0 Å². The molecule has 0 aromatic heterocycles. The van der Waals surface area contributed by atoms with E-state index in [4.69, 9.17) is 0 Å². The predicted molar refractivity (Wildman–Crippen MR) is 235 cm³/mol. The second kappa shape index (κ2) is 11.9. The van der Waals surface area contributed by atoms with Gasteiger partial charge in [-0.1, -0.05) is 176 Å². The van der Waals surface area contributed by atoms with Crippen LogP contribution in [0, 0.1) is 0 Å². The minimum absolute atomic E-state index is 0.420. The molecule has 0 bridgehead atoms. The van der Waals surface area contributed by atoms with E-state index in [1.165, 1.54) is 88.0 Å². The van der Waals surface area contributed by atoms with Gasteiger partial charge in [0.05, 0.1) is 5.41 Å². The number of benzene rings is 10. The number of hydrogen-bond donors (Lipinski definition) is 0. The van der Waals surface area contributed by atoms with Crippen LogP contribution in [0.4, 0.5) is 17.1 Å². The predicted octanol–water partition coefficient (Wildman–Crippen LogP) is 14.6. The van der Waals surface area contributed by atoms with Crippen LogP contribution in [-0.2, 0) is 5.41 Å². The highest BCUT2D eigenvalue weighted by Crippen LogP contribution is 2.63. The molecule has 0 unspecified atom stereocenters. The van der Waals surface area contributed by atoms with E-state index in [1.54, 1.807) is 0 Å². The van der Waals surface area contributed by atoms with Gasteiger partial charge in [-0.2, -0.15) is 0 Å². The minimum Gasteiger partial charge on any atom is -0.310 e. The summed E-state index contributed by atoms with van der Waals surface area (Å²) in [6, 6.07) is 78.8. The topological polar surface area (TPSA) is 3.24 Å². The summed E-state index contributed by atoms with van der Waals surface area (Å²) in [5.41, 5.74) is 16.0. The molecule has 0 heterocycles. The molecule has 2 aliphatic rings. The Morgan fingerprint density at radius 3 is 1.21 bits per heavy atom. The van der Waals surface area contributed by atoms with Crippen LogP contribution in [0.3, 0.4) is 0 Å². The first-order valence-corrected chi connectivity index (χ1v) is 19.5. The lowest BCUT2D eigenvalue weighted by Crippen LogP contribution is -2.26. The Morgan fingerprint density at radius 2 is 0.643 bits per heavy atom. The van der Waals surface area contributed by atoms with Crippen molar-refractivity contribution in [2.45, 2.75) is 5.41 Å². The molecule has 56 heavy (non-hydrogen) atoms. The van der Waals surface area contributed by atoms with Gasteiger partial charge in [0.1, 0.15) is 0 Å². The fraction of sp³-hybridized carbons (Fsp3) is 0.0182. The van der Waals surface area contributed by atoms with Crippen LogP contribution in [0.15, 0.2) is 212 Å². The van der Waals surface area contributed by atoms with Crippen LogP contribution in [0.1, 0.15) is 22.3 Å². The third-order valence-corrected chi connectivity index (χ3v) is 12.5. The molecule has 260 valence electrons. The van der Waals surface area contributed by atoms with E-state index in [-0.39, 0.29) is 0 Å². The molecule has 0 N–H and O–H groups in total. The maximum atomic E-state index is 2.49. The molecular formula is C55H35N. The zero-order valence-electron chi connectivity index (χ0n) is 30.7.